The van der Waals surface area contributed by atoms with Crippen LogP contribution >= 0.6 is 0 Å². The molecule has 2 saturated heterocycles. The lowest BCUT2D eigenvalue weighted by molar-refractivity contribution is -0.123. The average molecular weight is 394 g/mol. The Hall–Kier alpha value is -2.93. The number of amides is 2. The lowest BCUT2D eigenvalue weighted by Crippen LogP contribution is -2.52. The van der Waals surface area contributed by atoms with E-state index >= 15 is 0 Å². The Kier molecular flexibility index (Phi) is 5.76. The van der Waals surface area contributed by atoms with Gasteiger partial charge in [-0.05, 0) is 42.8 Å². The molecule has 0 spiro atoms. The molecule has 7 nitrogen and oxygen atoms in total. The van der Waals surface area contributed by atoms with Gasteiger partial charge in [-0.1, -0.05) is 13.0 Å². The Bertz CT molecular complexity index is 848. The van der Waals surface area contributed by atoms with Crippen LogP contribution in [-0.4, -0.2) is 60.5 Å². The van der Waals surface area contributed by atoms with Gasteiger partial charge in [0.1, 0.15) is 11.6 Å². The van der Waals surface area contributed by atoms with Gasteiger partial charge in [0.25, 0.3) is 5.91 Å². The summed E-state index contributed by atoms with van der Waals surface area (Å²) in [6, 6.07) is 12.7. The Balaban J connectivity index is 1.39. The number of aromatic nitrogens is 1. The van der Waals surface area contributed by atoms with E-state index in [1.54, 1.807) is 18.3 Å². The first-order valence-electron chi connectivity index (χ1n) is 10.2. The van der Waals surface area contributed by atoms with Crippen LogP contribution in [0, 0.1) is 0 Å². The number of piperazine rings is 1. The second-order valence-electron chi connectivity index (χ2n) is 7.34. The van der Waals surface area contributed by atoms with E-state index in [1.165, 1.54) is 4.90 Å². The van der Waals surface area contributed by atoms with E-state index in [1.807, 2.05) is 37.3 Å². The van der Waals surface area contributed by atoms with Crippen LogP contribution in [0.2, 0.25) is 0 Å². The summed E-state index contributed by atoms with van der Waals surface area (Å²) in [6.45, 7) is 5.74. The van der Waals surface area contributed by atoms with E-state index < -0.39 is 0 Å². The first-order valence-corrected chi connectivity index (χ1v) is 10.2. The maximum atomic E-state index is 13.0. The zero-order chi connectivity index (χ0) is 20.2. The lowest BCUT2D eigenvalue weighted by Gasteiger charge is -2.37. The molecule has 1 atom stereocenters. The third-order valence-corrected chi connectivity index (χ3v) is 5.42. The number of rotatable bonds is 6. The van der Waals surface area contributed by atoms with Crippen molar-refractivity contribution in [3.63, 3.8) is 0 Å². The molecule has 2 fully saturated rings. The number of pyridine rings is 1. The van der Waals surface area contributed by atoms with Crippen LogP contribution < -0.4 is 14.5 Å². The van der Waals surface area contributed by atoms with Crippen LogP contribution in [0.3, 0.4) is 0 Å². The maximum Gasteiger partial charge on any atom is 0.251 e. The van der Waals surface area contributed by atoms with Crippen molar-refractivity contribution in [2.24, 2.45) is 0 Å². The Morgan fingerprint density at radius 1 is 1.03 bits per heavy atom. The standard InChI is InChI=1S/C22H26N4O3/c1-2-15-29-18-8-6-17(7-9-18)26-21(27)16-19(22(26)28)24-11-13-25(14-12-24)20-5-3-4-10-23-20/h3-10,19H,2,11-16H2,1H3/t19-/m0/s1. The summed E-state index contributed by atoms with van der Waals surface area (Å²) in [6.07, 6.45) is 2.95. The van der Waals surface area contributed by atoms with E-state index in [4.69, 9.17) is 4.74 Å². The predicted molar refractivity (Wildman–Crippen MR) is 111 cm³/mol. The van der Waals surface area contributed by atoms with Gasteiger partial charge < -0.3 is 9.64 Å². The molecule has 2 aliphatic heterocycles. The first kappa shape index (κ1) is 19.4. The topological polar surface area (TPSA) is 66.0 Å². The summed E-state index contributed by atoms with van der Waals surface area (Å²) in [7, 11) is 0. The van der Waals surface area contributed by atoms with Crippen LogP contribution in [0.1, 0.15) is 19.8 Å². The Morgan fingerprint density at radius 2 is 1.79 bits per heavy atom. The minimum Gasteiger partial charge on any atom is -0.494 e. The van der Waals surface area contributed by atoms with Crippen molar-refractivity contribution in [3.05, 3.63) is 48.7 Å². The number of hydrogen-bond donors (Lipinski definition) is 0. The molecule has 0 aliphatic carbocycles. The second-order valence-corrected chi connectivity index (χ2v) is 7.34. The third kappa shape index (κ3) is 4.10. The molecule has 7 heteroatoms. The number of carbonyl (C=O) groups is 2. The average Bonchev–Trinajstić information content (AvgIpc) is 3.07. The first-order chi connectivity index (χ1) is 14.2. The molecule has 4 rings (SSSR count). The second kappa shape index (κ2) is 8.61. The number of ether oxygens (including phenoxy) is 1. The fourth-order valence-electron chi connectivity index (χ4n) is 3.89. The van der Waals surface area contributed by atoms with E-state index in [0.717, 1.165) is 44.2 Å². The Labute approximate surface area is 170 Å². The van der Waals surface area contributed by atoms with Crippen molar-refractivity contribution in [1.82, 2.24) is 9.88 Å². The minimum absolute atomic E-state index is 0.136. The van der Waals surface area contributed by atoms with E-state index in [0.29, 0.717) is 12.3 Å². The normalized spacial score (nSPS) is 20.4. The number of hydrogen-bond acceptors (Lipinski definition) is 6. The molecule has 1 aromatic heterocycles. The van der Waals surface area contributed by atoms with Gasteiger partial charge in [0.15, 0.2) is 0 Å². The zero-order valence-electron chi connectivity index (χ0n) is 16.7. The molecule has 0 unspecified atom stereocenters. The van der Waals surface area contributed by atoms with Crippen LogP contribution in [0.25, 0.3) is 0 Å². The van der Waals surface area contributed by atoms with Gasteiger partial charge in [-0.2, -0.15) is 0 Å². The van der Waals surface area contributed by atoms with Crippen molar-refractivity contribution >= 4 is 23.3 Å². The van der Waals surface area contributed by atoms with Crippen molar-refractivity contribution in [1.29, 1.82) is 0 Å². The van der Waals surface area contributed by atoms with Gasteiger partial charge in [0.2, 0.25) is 5.91 Å². The number of benzene rings is 1. The number of nitrogens with zero attached hydrogens (tertiary/aromatic N) is 4. The summed E-state index contributed by atoms with van der Waals surface area (Å²) in [5, 5.41) is 0. The van der Waals surface area contributed by atoms with Gasteiger partial charge in [-0.25, -0.2) is 9.88 Å². The fraction of sp³-hybridized carbons (Fsp3) is 0.409. The SMILES string of the molecule is CCCOc1ccc(N2C(=O)C[C@H](N3CCN(c4ccccn4)CC3)C2=O)cc1. The Morgan fingerprint density at radius 3 is 2.45 bits per heavy atom. The minimum atomic E-state index is -0.385. The number of anilines is 2. The monoisotopic (exact) mass is 394 g/mol. The largest absolute Gasteiger partial charge is 0.494 e. The molecule has 3 heterocycles. The molecule has 0 bridgehead atoms. The molecule has 2 aromatic rings. The number of imide groups is 1. The fourth-order valence-corrected chi connectivity index (χ4v) is 3.89. The van der Waals surface area contributed by atoms with Gasteiger partial charge >= 0.3 is 0 Å². The maximum absolute atomic E-state index is 13.0. The van der Waals surface area contributed by atoms with Gasteiger partial charge in [0.05, 0.1) is 24.8 Å². The molecular formula is C22H26N4O3. The smallest absolute Gasteiger partial charge is 0.251 e. The highest BCUT2D eigenvalue weighted by molar-refractivity contribution is 6.22. The molecule has 0 saturated carbocycles. The van der Waals surface area contributed by atoms with Crippen LogP contribution in [0.4, 0.5) is 11.5 Å². The summed E-state index contributed by atoms with van der Waals surface area (Å²) in [5.41, 5.74) is 0.610. The van der Waals surface area contributed by atoms with E-state index in [9.17, 15) is 9.59 Å². The van der Waals surface area contributed by atoms with Gasteiger partial charge in [-0.3, -0.25) is 14.5 Å². The van der Waals surface area contributed by atoms with Crippen LogP contribution in [0.15, 0.2) is 48.7 Å². The predicted octanol–water partition coefficient (Wildman–Crippen LogP) is 2.32. The van der Waals surface area contributed by atoms with Crippen LogP contribution in [-0.2, 0) is 9.59 Å². The highest BCUT2D eigenvalue weighted by atomic mass is 16.5. The molecule has 152 valence electrons. The summed E-state index contributed by atoms with van der Waals surface area (Å²) in [4.78, 5) is 35.7. The van der Waals surface area contributed by atoms with E-state index in [2.05, 4.69) is 14.8 Å². The molecule has 1 aromatic carbocycles. The quantitative estimate of drug-likeness (QED) is 0.701. The van der Waals surface area contributed by atoms with Gasteiger partial charge in [0, 0.05) is 32.4 Å². The highest BCUT2D eigenvalue weighted by Gasteiger charge is 2.43. The van der Waals surface area contributed by atoms with Crippen LogP contribution in [0.5, 0.6) is 5.75 Å². The summed E-state index contributed by atoms with van der Waals surface area (Å²) >= 11 is 0. The van der Waals surface area contributed by atoms with Crippen molar-refractivity contribution in [3.8, 4) is 5.75 Å². The lowest BCUT2D eigenvalue weighted by atomic mass is 10.1. The van der Waals surface area contributed by atoms with E-state index in [-0.39, 0.29) is 24.3 Å². The third-order valence-electron chi connectivity index (χ3n) is 5.42. The highest BCUT2D eigenvalue weighted by Crippen LogP contribution is 2.28. The molecular weight excluding hydrogens is 368 g/mol. The zero-order valence-corrected chi connectivity index (χ0v) is 16.7. The van der Waals surface area contributed by atoms with Crippen molar-refractivity contribution in [2.75, 3.05) is 42.6 Å². The molecule has 2 amide bonds. The summed E-state index contributed by atoms with van der Waals surface area (Å²) in [5.74, 6) is 1.42. The molecule has 29 heavy (non-hydrogen) atoms. The van der Waals surface area contributed by atoms with Crippen molar-refractivity contribution in [2.45, 2.75) is 25.8 Å². The molecule has 0 N–H and O–H groups in total. The molecule has 2 aliphatic rings. The molecule has 0 radical (unpaired) electrons. The van der Waals surface area contributed by atoms with Gasteiger partial charge in [-0.15, -0.1) is 0 Å². The number of carbonyl (C=O) groups excluding carboxylic acids is 2. The van der Waals surface area contributed by atoms with Crippen molar-refractivity contribution < 1.29 is 14.3 Å². The summed E-state index contributed by atoms with van der Waals surface area (Å²) < 4.78 is 5.58.